The molecular weight excluding hydrogens is 342 g/mol. The standard InChI is InChI=1S/C20H31N5O2/c1-4-6-12-24(3)20(21-5-2)23-14-16-7-9-17(10-8-16)19(27)25-13-11-22-18(26)15-25/h7-10H,4-6,11-15H2,1-3H3,(H,21,23)(H,22,26). The average Bonchev–Trinajstić information content (AvgIpc) is 2.69. The highest BCUT2D eigenvalue weighted by Gasteiger charge is 2.22. The fourth-order valence-corrected chi connectivity index (χ4v) is 2.88. The summed E-state index contributed by atoms with van der Waals surface area (Å²) in [4.78, 5) is 32.4. The lowest BCUT2D eigenvalue weighted by Gasteiger charge is -2.26. The van der Waals surface area contributed by atoms with Crippen molar-refractivity contribution in [2.24, 2.45) is 4.99 Å². The van der Waals surface area contributed by atoms with Crippen LogP contribution >= 0.6 is 0 Å². The van der Waals surface area contributed by atoms with Gasteiger partial charge in [0, 0.05) is 38.8 Å². The van der Waals surface area contributed by atoms with Crippen molar-refractivity contribution >= 4 is 17.8 Å². The first-order chi connectivity index (χ1) is 13.0. The monoisotopic (exact) mass is 373 g/mol. The molecule has 0 spiro atoms. The maximum Gasteiger partial charge on any atom is 0.254 e. The quantitative estimate of drug-likeness (QED) is 0.560. The van der Waals surface area contributed by atoms with E-state index in [9.17, 15) is 9.59 Å². The van der Waals surface area contributed by atoms with Gasteiger partial charge in [0.2, 0.25) is 5.91 Å². The Kier molecular flexibility index (Phi) is 8.10. The van der Waals surface area contributed by atoms with Crippen LogP contribution in [-0.2, 0) is 11.3 Å². The molecule has 1 heterocycles. The largest absolute Gasteiger partial charge is 0.357 e. The Labute approximate surface area is 161 Å². The van der Waals surface area contributed by atoms with E-state index in [-0.39, 0.29) is 18.4 Å². The molecule has 2 N–H and O–H groups in total. The van der Waals surface area contributed by atoms with E-state index >= 15 is 0 Å². The fraction of sp³-hybridized carbons (Fsp3) is 0.550. The van der Waals surface area contributed by atoms with Crippen LogP contribution < -0.4 is 10.6 Å². The van der Waals surface area contributed by atoms with Crippen LogP contribution in [0.25, 0.3) is 0 Å². The summed E-state index contributed by atoms with van der Waals surface area (Å²) in [5.74, 6) is 0.682. The smallest absolute Gasteiger partial charge is 0.254 e. The van der Waals surface area contributed by atoms with Gasteiger partial charge in [-0.2, -0.15) is 0 Å². The van der Waals surface area contributed by atoms with Gasteiger partial charge in [-0.1, -0.05) is 25.5 Å². The number of piperazine rings is 1. The number of carbonyl (C=O) groups is 2. The first kappa shape index (κ1) is 20.7. The zero-order chi connectivity index (χ0) is 19.6. The second-order valence-electron chi connectivity index (χ2n) is 6.72. The lowest BCUT2D eigenvalue weighted by atomic mass is 10.1. The number of unbranched alkanes of at least 4 members (excludes halogenated alkanes) is 1. The maximum atomic E-state index is 12.5. The summed E-state index contributed by atoms with van der Waals surface area (Å²) in [5, 5.41) is 6.04. The zero-order valence-corrected chi connectivity index (χ0v) is 16.6. The Morgan fingerprint density at radius 3 is 2.67 bits per heavy atom. The van der Waals surface area contributed by atoms with Gasteiger partial charge < -0.3 is 20.4 Å². The molecule has 1 fully saturated rings. The molecule has 0 aliphatic carbocycles. The molecule has 7 nitrogen and oxygen atoms in total. The first-order valence-corrected chi connectivity index (χ1v) is 9.69. The lowest BCUT2D eigenvalue weighted by Crippen LogP contribution is -2.49. The van der Waals surface area contributed by atoms with Gasteiger partial charge in [0.25, 0.3) is 5.91 Å². The minimum Gasteiger partial charge on any atom is -0.357 e. The predicted molar refractivity (Wildman–Crippen MR) is 108 cm³/mol. The van der Waals surface area contributed by atoms with Crippen LogP contribution in [0.2, 0.25) is 0 Å². The summed E-state index contributed by atoms with van der Waals surface area (Å²) in [6, 6.07) is 7.48. The molecular formula is C20H31N5O2. The van der Waals surface area contributed by atoms with Crippen LogP contribution in [0.1, 0.15) is 42.6 Å². The van der Waals surface area contributed by atoms with Crippen LogP contribution in [0.4, 0.5) is 0 Å². The van der Waals surface area contributed by atoms with E-state index in [1.165, 1.54) is 0 Å². The van der Waals surface area contributed by atoms with Crippen molar-refractivity contribution in [3.05, 3.63) is 35.4 Å². The molecule has 27 heavy (non-hydrogen) atoms. The van der Waals surface area contributed by atoms with Gasteiger partial charge >= 0.3 is 0 Å². The third-order valence-electron chi connectivity index (χ3n) is 4.48. The van der Waals surface area contributed by atoms with E-state index in [1.807, 2.05) is 31.3 Å². The number of hydrogen-bond acceptors (Lipinski definition) is 3. The van der Waals surface area contributed by atoms with Crippen LogP contribution in [0, 0.1) is 0 Å². The molecule has 1 aromatic carbocycles. The van der Waals surface area contributed by atoms with Crippen molar-refractivity contribution in [3.63, 3.8) is 0 Å². The molecule has 0 unspecified atom stereocenters. The normalized spacial score (nSPS) is 14.7. The van der Waals surface area contributed by atoms with Gasteiger partial charge in [-0.15, -0.1) is 0 Å². The molecule has 1 aliphatic heterocycles. The summed E-state index contributed by atoms with van der Waals surface area (Å²) < 4.78 is 0. The van der Waals surface area contributed by atoms with Gasteiger partial charge in [0.05, 0.1) is 13.1 Å². The molecule has 0 radical (unpaired) electrons. The summed E-state index contributed by atoms with van der Waals surface area (Å²) in [6.45, 7) is 7.77. The molecule has 1 aromatic rings. The van der Waals surface area contributed by atoms with E-state index in [4.69, 9.17) is 4.99 Å². The molecule has 0 aromatic heterocycles. The number of nitrogens with one attached hydrogen (secondary N) is 2. The summed E-state index contributed by atoms with van der Waals surface area (Å²) >= 11 is 0. The third-order valence-corrected chi connectivity index (χ3v) is 4.48. The minimum absolute atomic E-state index is 0.104. The van der Waals surface area contributed by atoms with Gasteiger partial charge in [-0.3, -0.25) is 9.59 Å². The second kappa shape index (κ2) is 10.5. The van der Waals surface area contributed by atoms with Gasteiger partial charge in [-0.05, 0) is 31.0 Å². The molecule has 0 saturated carbocycles. The fourth-order valence-electron chi connectivity index (χ4n) is 2.88. The Bertz CT molecular complexity index is 657. The highest BCUT2D eigenvalue weighted by molar-refractivity contribution is 5.97. The molecule has 0 atom stereocenters. The number of guanidine groups is 1. The second-order valence-corrected chi connectivity index (χ2v) is 6.72. The van der Waals surface area contributed by atoms with Crippen molar-refractivity contribution in [3.8, 4) is 0 Å². The Balaban J connectivity index is 1.98. The van der Waals surface area contributed by atoms with Crippen molar-refractivity contribution < 1.29 is 9.59 Å². The molecule has 148 valence electrons. The van der Waals surface area contributed by atoms with Crippen molar-refractivity contribution in [1.82, 2.24) is 20.4 Å². The van der Waals surface area contributed by atoms with E-state index in [2.05, 4.69) is 29.4 Å². The Hall–Kier alpha value is -2.57. The van der Waals surface area contributed by atoms with Gasteiger partial charge in [0.1, 0.15) is 0 Å². The topological polar surface area (TPSA) is 77.0 Å². The third kappa shape index (κ3) is 6.27. The number of carbonyl (C=O) groups excluding carboxylic acids is 2. The van der Waals surface area contributed by atoms with E-state index in [0.29, 0.717) is 25.2 Å². The number of rotatable bonds is 7. The highest BCUT2D eigenvalue weighted by Crippen LogP contribution is 2.10. The van der Waals surface area contributed by atoms with E-state index in [0.717, 1.165) is 37.5 Å². The number of hydrogen-bond donors (Lipinski definition) is 2. The zero-order valence-electron chi connectivity index (χ0n) is 16.6. The maximum absolute atomic E-state index is 12.5. The lowest BCUT2D eigenvalue weighted by molar-refractivity contribution is -0.123. The Morgan fingerprint density at radius 2 is 2.04 bits per heavy atom. The molecule has 2 rings (SSSR count). The van der Waals surface area contributed by atoms with Crippen LogP contribution in [0.3, 0.4) is 0 Å². The van der Waals surface area contributed by atoms with Crippen LogP contribution in [0.15, 0.2) is 29.3 Å². The molecule has 1 saturated heterocycles. The molecule has 1 aliphatic rings. The number of aliphatic imine (C=N–C) groups is 1. The minimum atomic E-state index is -0.108. The SMILES string of the molecule is CCCCN(C)C(=NCc1ccc(C(=O)N2CCNC(=O)C2)cc1)NCC. The number of nitrogens with zero attached hydrogens (tertiary/aromatic N) is 3. The van der Waals surface area contributed by atoms with Gasteiger partial charge in [0.15, 0.2) is 5.96 Å². The molecule has 7 heteroatoms. The van der Waals surface area contributed by atoms with E-state index < -0.39 is 0 Å². The van der Waals surface area contributed by atoms with Crippen LogP contribution in [0.5, 0.6) is 0 Å². The van der Waals surface area contributed by atoms with Crippen molar-refractivity contribution in [2.75, 3.05) is 39.8 Å². The van der Waals surface area contributed by atoms with Gasteiger partial charge in [-0.25, -0.2) is 4.99 Å². The Morgan fingerprint density at radius 1 is 1.30 bits per heavy atom. The number of benzene rings is 1. The summed E-state index contributed by atoms with van der Waals surface area (Å²) in [6.07, 6.45) is 2.28. The molecule has 0 bridgehead atoms. The molecule has 2 amide bonds. The number of amides is 2. The highest BCUT2D eigenvalue weighted by atomic mass is 16.2. The van der Waals surface area contributed by atoms with Crippen LogP contribution in [-0.4, -0.2) is 67.3 Å². The average molecular weight is 374 g/mol. The summed E-state index contributed by atoms with van der Waals surface area (Å²) in [7, 11) is 2.05. The first-order valence-electron chi connectivity index (χ1n) is 9.69. The van der Waals surface area contributed by atoms with Crippen molar-refractivity contribution in [2.45, 2.75) is 33.2 Å². The predicted octanol–water partition coefficient (Wildman–Crippen LogP) is 1.46. The van der Waals surface area contributed by atoms with Crippen molar-refractivity contribution in [1.29, 1.82) is 0 Å². The summed E-state index contributed by atoms with van der Waals surface area (Å²) in [5.41, 5.74) is 1.65. The van der Waals surface area contributed by atoms with E-state index in [1.54, 1.807) is 4.90 Å².